The van der Waals surface area contributed by atoms with Gasteiger partial charge >= 0.3 is 0 Å². The molecule has 6 N–H and O–H groups in total. The second kappa shape index (κ2) is 4.57. The van der Waals surface area contributed by atoms with Crippen LogP contribution in [-0.4, -0.2) is 5.96 Å². The van der Waals surface area contributed by atoms with E-state index in [1.165, 1.54) is 0 Å². The summed E-state index contributed by atoms with van der Waals surface area (Å²) in [6.07, 6.45) is 0. The van der Waals surface area contributed by atoms with Crippen molar-refractivity contribution in [3.8, 4) is 11.1 Å². The largest absolute Gasteiger partial charge is 0.397 e. The highest BCUT2D eigenvalue weighted by Gasteiger charge is 2.03. The third kappa shape index (κ3) is 2.55. The Bertz CT molecular complexity index is 534. The predicted molar refractivity (Wildman–Crippen MR) is 71.8 cm³/mol. The zero-order valence-corrected chi connectivity index (χ0v) is 9.27. The Hall–Kier alpha value is -2.49. The van der Waals surface area contributed by atoms with Gasteiger partial charge in [-0.15, -0.1) is 0 Å². The minimum absolute atomic E-state index is 0.123. The van der Waals surface area contributed by atoms with Crippen LogP contribution in [0.25, 0.3) is 11.1 Å². The van der Waals surface area contributed by atoms with Crippen LogP contribution in [0, 0.1) is 5.41 Å². The van der Waals surface area contributed by atoms with E-state index in [0.717, 1.165) is 11.1 Å². The third-order valence-electron chi connectivity index (χ3n) is 2.43. The van der Waals surface area contributed by atoms with Gasteiger partial charge in [0.1, 0.15) is 0 Å². The lowest BCUT2D eigenvalue weighted by atomic mass is 10.0. The fraction of sp³-hybridized carbons (Fsp3) is 0. The molecule has 0 amide bonds. The van der Waals surface area contributed by atoms with E-state index < -0.39 is 0 Å². The zero-order valence-electron chi connectivity index (χ0n) is 9.27. The van der Waals surface area contributed by atoms with E-state index in [2.05, 4.69) is 5.32 Å². The van der Waals surface area contributed by atoms with Crippen LogP contribution in [0.2, 0.25) is 0 Å². The van der Waals surface area contributed by atoms with Gasteiger partial charge in [0.05, 0.1) is 11.4 Å². The first-order chi connectivity index (χ1) is 8.16. The molecule has 0 aliphatic heterocycles. The van der Waals surface area contributed by atoms with Gasteiger partial charge in [-0.3, -0.25) is 5.41 Å². The van der Waals surface area contributed by atoms with Gasteiger partial charge in [0.25, 0.3) is 0 Å². The van der Waals surface area contributed by atoms with Crippen LogP contribution in [-0.2, 0) is 0 Å². The Labute approximate surface area is 99.8 Å². The van der Waals surface area contributed by atoms with Crippen LogP contribution in [0.1, 0.15) is 0 Å². The van der Waals surface area contributed by atoms with Crippen LogP contribution >= 0.6 is 0 Å². The summed E-state index contributed by atoms with van der Waals surface area (Å²) in [5, 5.41) is 9.93. The minimum atomic E-state index is -0.123. The lowest BCUT2D eigenvalue weighted by Gasteiger charge is -2.10. The average molecular weight is 226 g/mol. The molecular formula is C13H14N4. The van der Waals surface area contributed by atoms with E-state index in [9.17, 15) is 0 Å². The SMILES string of the molecule is N=C(N)Nc1cc(-c2ccccc2)ccc1N. The Morgan fingerprint density at radius 1 is 1.00 bits per heavy atom. The highest BCUT2D eigenvalue weighted by molar-refractivity contribution is 5.94. The van der Waals surface area contributed by atoms with Crippen molar-refractivity contribution in [2.45, 2.75) is 0 Å². The molecule has 4 nitrogen and oxygen atoms in total. The highest BCUT2D eigenvalue weighted by atomic mass is 15.1. The molecule has 2 aromatic carbocycles. The molecule has 0 bridgehead atoms. The van der Waals surface area contributed by atoms with Gasteiger partial charge in [0, 0.05) is 0 Å². The summed E-state index contributed by atoms with van der Waals surface area (Å²) in [5.41, 5.74) is 14.4. The lowest BCUT2D eigenvalue weighted by molar-refractivity contribution is 1.41. The van der Waals surface area contributed by atoms with E-state index in [-0.39, 0.29) is 5.96 Å². The molecule has 0 spiro atoms. The van der Waals surface area contributed by atoms with Crippen molar-refractivity contribution in [1.29, 1.82) is 5.41 Å². The van der Waals surface area contributed by atoms with Crippen molar-refractivity contribution in [1.82, 2.24) is 0 Å². The first kappa shape index (κ1) is 11.0. The zero-order chi connectivity index (χ0) is 12.3. The molecule has 86 valence electrons. The smallest absolute Gasteiger partial charge is 0.190 e. The molecule has 4 heteroatoms. The van der Waals surface area contributed by atoms with Crippen LogP contribution < -0.4 is 16.8 Å². The molecule has 0 radical (unpaired) electrons. The summed E-state index contributed by atoms with van der Waals surface area (Å²) in [6.45, 7) is 0. The summed E-state index contributed by atoms with van der Waals surface area (Å²) in [4.78, 5) is 0. The first-order valence-corrected chi connectivity index (χ1v) is 5.23. The van der Waals surface area contributed by atoms with E-state index in [1.807, 2.05) is 42.5 Å². The molecule has 0 aliphatic rings. The predicted octanol–water partition coefficient (Wildman–Crippen LogP) is 2.24. The van der Waals surface area contributed by atoms with E-state index >= 15 is 0 Å². The molecule has 0 fully saturated rings. The van der Waals surface area contributed by atoms with Crippen LogP contribution in [0.4, 0.5) is 11.4 Å². The van der Waals surface area contributed by atoms with Gasteiger partial charge in [0.15, 0.2) is 5.96 Å². The summed E-state index contributed by atoms with van der Waals surface area (Å²) >= 11 is 0. The fourth-order valence-corrected chi connectivity index (χ4v) is 1.62. The van der Waals surface area contributed by atoms with E-state index in [1.54, 1.807) is 6.07 Å². The maximum absolute atomic E-state index is 7.21. The number of benzene rings is 2. The highest BCUT2D eigenvalue weighted by Crippen LogP contribution is 2.26. The van der Waals surface area contributed by atoms with Crippen molar-refractivity contribution < 1.29 is 0 Å². The van der Waals surface area contributed by atoms with Gasteiger partial charge < -0.3 is 16.8 Å². The number of hydrogen-bond acceptors (Lipinski definition) is 2. The lowest BCUT2D eigenvalue weighted by Crippen LogP contribution is -2.21. The summed E-state index contributed by atoms with van der Waals surface area (Å²) in [6, 6.07) is 15.6. The molecule has 17 heavy (non-hydrogen) atoms. The molecule has 2 rings (SSSR count). The van der Waals surface area contributed by atoms with Crippen molar-refractivity contribution in [3.63, 3.8) is 0 Å². The molecular weight excluding hydrogens is 212 g/mol. The Morgan fingerprint density at radius 3 is 2.35 bits per heavy atom. The number of nitrogens with two attached hydrogens (primary N) is 2. The minimum Gasteiger partial charge on any atom is -0.397 e. The van der Waals surface area contributed by atoms with Crippen molar-refractivity contribution in [2.24, 2.45) is 5.73 Å². The van der Waals surface area contributed by atoms with Gasteiger partial charge in [0.2, 0.25) is 0 Å². The van der Waals surface area contributed by atoms with Gasteiger partial charge in [-0.1, -0.05) is 36.4 Å². The second-order valence-corrected chi connectivity index (χ2v) is 3.71. The van der Waals surface area contributed by atoms with Crippen LogP contribution in [0.3, 0.4) is 0 Å². The standard InChI is InChI=1S/C13H14N4/c14-11-7-6-10(8-12(11)17-13(15)16)9-4-2-1-3-5-9/h1-8H,14H2,(H4,15,16,17). The molecule has 0 aliphatic carbocycles. The number of anilines is 2. The summed E-state index contributed by atoms with van der Waals surface area (Å²) < 4.78 is 0. The van der Waals surface area contributed by atoms with Crippen molar-refractivity contribution in [2.75, 3.05) is 11.1 Å². The van der Waals surface area contributed by atoms with Crippen molar-refractivity contribution >= 4 is 17.3 Å². The second-order valence-electron chi connectivity index (χ2n) is 3.71. The Balaban J connectivity index is 2.41. The van der Waals surface area contributed by atoms with Gasteiger partial charge in [-0.2, -0.15) is 0 Å². The van der Waals surface area contributed by atoms with E-state index in [0.29, 0.717) is 11.4 Å². The quantitative estimate of drug-likeness (QED) is 0.360. The van der Waals surface area contributed by atoms with Crippen LogP contribution in [0.5, 0.6) is 0 Å². The average Bonchev–Trinajstić information content (AvgIpc) is 2.32. The third-order valence-corrected chi connectivity index (χ3v) is 2.43. The topological polar surface area (TPSA) is 87.9 Å². The normalized spacial score (nSPS) is 9.88. The number of nitrogen functional groups attached to an aromatic ring is 1. The maximum atomic E-state index is 7.21. The summed E-state index contributed by atoms with van der Waals surface area (Å²) in [7, 11) is 0. The molecule has 0 aromatic heterocycles. The monoisotopic (exact) mass is 226 g/mol. The number of nitrogens with one attached hydrogen (secondary N) is 2. The molecule has 0 saturated heterocycles. The summed E-state index contributed by atoms with van der Waals surface area (Å²) in [5.74, 6) is -0.123. The van der Waals surface area contributed by atoms with Crippen molar-refractivity contribution in [3.05, 3.63) is 48.5 Å². The molecule has 0 atom stereocenters. The molecule has 0 heterocycles. The molecule has 0 unspecified atom stereocenters. The van der Waals surface area contributed by atoms with Gasteiger partial charge in [-0.05, 0) is 23.3 Å². The Kier molecular flexibility index (Phi) is 2.96. The number of hydrogen-bond donors (Lipinski definition) is 4. The molecule has 2 aromatic rings. The number of guanidine groups is 1. The van der Waals surface area contributed by atoms with E-state index in [4.69, 9.17) is 16.9 Å². The van der Waals surface area contributed by atoms with Gasteiger partial charge in [-0.25, -0.2) is 0 Å². The molecule has 0 saturated carbocycles. The number of rotatable bonds is 2. The maximum Gasteiger partial charge on any atom is 0.190 e. The first-order valence-electron chi connectivity index (χ1n) is 5.23. The fourth-order valence-electron chi connectivity index (χ4n) is 1.62. The van der Waals surface area contributed by atoms with Crippen LogP contribution in [0.15, 0.2) is 48.5 Å². The Morgan fingerprint density at radius 2 is 1.71 bits per heavy atom.